The lowest BCUT2D eigenvalue weighted by Crippen LogP contribution is -2.44. The third kappa shape index (κ3) is 3.58. The summed E-state index contributed by atoms with van der Waals surface area (Å²) in [6.07, 6.45) is 6.39. The summed E-state index contributed by atoms with van der Waals surface area (Å²) in [7, 11) is 0. The summed E-state index contributed by atoms with van der Waals surface area (Å²) in [5.74, 6) is 0.954. The second-order valence-electron chi connectivity index (χ2n) is 4.82. The van der Waals surface area contributed by atoms with Gasteiger partial charge in [0.1, 0.15) is 0 Å². The van der Waals surface area contributed by atoms with Crippen LogP contribution in [0.3, 0.4) is 0 Å². The molecule has 0 spiro atoms. The van der Waals surface area contributed by atoms with Crippen LogP contribution in [0.15, 0.2) is 0 Å². The maximum Gasteiger partial charge on any atom is 0.0662 e. The maximum absolute atomic E-state index is 9.39. The first-order valence-electron chi connectivity index (χ1n) is 6.07. The number of rotatable bonds is 4. The van der Waals surface area contributed by atoms with Crippen LogP contribution in [0.2, 0.25) is 0 Å². The van der Waals surface area contributed by atoms with Crippen molar-refractivity contribution in [2.24, 2.45) is 5.92 Å². The van der Waals surface area contributed by atoms with E-state index in [1.54, 1.807) is 0 Å². The summed E-state index contributed by atoms with van der Waals surface area (Å²) < 4.78 is 0. The number of nitrogens with one attached hydrogen (secondary N) is 1. The van der Waals surface area contributed by atoms with Gasteiger partial charge < -0.3 is 10.4 Å². The summed E-state index contributed by atoms with van der Waals surface area (Å²) in [6, 6.07) is 0.876. The molecule has 1 fully saturated rings. The van der Waals surface area contributed by atoms with Gasteiger partial charge in [-0.05, 0) is 45.4 Å². The van der Waals surface area contributed by atoms with Gasteiger partial charge in [0.25, 0.3) is 0 Å². The Bertz CT molecular complexity index is 150. The predicted octanol–water partition coefficient (Wildman–Crippen LogP) is 2.31. The lowest BCUT2D eigenvalue weighted by molar-refractivity contribution is 0.137. The third-order valence-corrected chi connectivity index (χ3v) is 3.65. The summed E-state index contributed by atoms with van der Waals surface area (Å²) in [5.41, 5.74) is 0. The molecule has 2 heteroatoms. The van der Waals surface area contributed by atoms with Gasteiger partial charge in [-0.25, -0.2) is 0 Å². The molecule has 0 aliphatic heterocycles. The molecule has 0 aromatic carbocycles. The van der Waals surface area contributed by atoms with Gasteiger partial charge in [-0.15, -0.1) is 0 Å². The van der Waals surface area contributed by atoms with Crippen molar-refractivity contribution in [1.82, 2.24) is 5.32 Å². The quantitative estimate of drug-likeness (QED) is 0.728. The smallest absolute Gasteiger partial charge is 0.0662 e. The Hall–Kier alpha value is -0.0800. The van der Waals surface area contributed by atoms with Gasteiger partial charge in [0.15, 0.2) is 0 Å². The Morgan fingerprint density at radius 3 is 2.21 bits per heavy atom. The molecular formula is C12H25NO. The standard InChI is InChI=1S/C12H25NO/c1-4-11-5-7-12(8-6-11)13-9(2)10(3)14/h9-14H,4-8H2,1-3H3. The average molecular weight is 199 g/mol. The van der Waals surface area contributed by atoms with E-state index < -0.39 is 0 Å². The normalized spacial score (nSPS) is 32.6. The zero-order valence-corrected chi connectivity index (χ0v) is 9.79. The van der Waals surface area contributed by atoms with Crippen LogP contribution >= 0.6 is 0 Å². The molecule has 14 heavy (non-hydrogen) atoms. The van der Waals surface area contributed by atoms with Gasteiger partial charge in [-0.2, -0.15) is 0 Å². The Kier molecular flexibility index (Phi) is 4.90. The van der Waals surface area contributed by atoms with Gasteiger partial charge in [-0.1, -0.05) is 13.3 Å². The van der Waals surface area contributed by atoms with Crippen molar-refractivity contribution in [2.45, 2.75) is 71.1 Å². The summed E-state index contributed by atoms with van der Waals surface area (Å²) in [6.45, 7) is 6.21. The molecule has 0 aromatic rings. The largest absolute Gasteiger partial charge is 0.392 e. The zero-order valence-electron chi connectivity index (χ0n) is 9.79. The maximum atomic E-state index is 9.39. The molecule has 84 valence electrons. The minimum absolute atomic E-state index is 0.234. The van der Waals surface area contributed by atoms with Crippen LogP contribution in [0.1, 0.15) is 52.9 Å². The molecular weight excluding hydrogens is 174 g/mol. The zero-order chi connectivity index (χ0) is 10.6. The van der Waals surface area contributed by atoms with Crippen LogP contribution in [0.25, 0.3) is 0 Å². The molecule has 1 aliphatic carbocycles. The number of hydrogen-bond donors (Lipinski definition) is 2. The Balaban J connectivity index is 2.22. The van der Waals surface area contributed by atoms with Gasteiger partial charge in [0.2, 0.25) is 0 Å². The SMILES string of the molecule is CCC1CCC(NC(C)C(C)O)CC1. The number of hydrogen-bond acceptors (Lipinski definition) is 2. The highest BCUT2D eigenvalue weighted by Gasteiger charge is 2.21. The lowest BCUT2D eigenvalue weighted by atomic mass is 9.84. The molecule has 2 atom stereocenters. The number of aliphatic hydroxyl groups excluding tert-OH is 1. The Morgan fingerprint density at radius 1 is 1.21 bits per heavy atom. The van der Waals surface area contributed by atoms with E-state index in [1.807, 2.05) is 6.92 Å². The van der Waals surface area contributed by atoms with E-state index >= 15 is 0 Å². The molecule has 1 saturated carbocycles. The van der Waals surface area contributed by atoms with E-state index in [9.17, 15) is 5.11 Å². The van der Waals surface area contributed by atoms with Gasteiger partial charge in [0, 0.05) is 12.1 Å². The summed E-state index contributed by atoms with van der Waals surface area (Å²) in [4.78, 5) is 0. The molecule has 2 N–H and O–H groups in total. The van der Waals surface area contributed by atoms with Crippen LogP contribution in [-0.2, 0) is 0 Å². The van der Waals surface area contributed by atoms with Gasteiger partial charge in [-0.3, -0.25) is 0 Å². The van der Waals surface area contributed by atoms with Crippen molar-refractivity contribution >= 4 is 0 Å². The van der Waals surface area contributed by atoms with Gasteiger partial charge in [0.05, 0.1) is 6.10 Å². The fourth-order valence-corrected chi connectivity index (χ4v) is 2.25. The fraction of sp³-hybridized carbons (Fsp3) is 1.00. The first kappa shape index (κ1) is 12.0. The highest BCUT2D eigenvalue weighted by molar-refractivity contribution is 4.80. The third-order valence-electron chi connectivity index (χ3n) is 3.65. The van der Waals surface area contributed by atoms with E-state index in [1.165, 1.54) is 32.1 Å². The monoisotopic (exact) mass is 199 g/mol. The summed E-state index contributed by atoms with van der Waals surface area (Å²) in [5, 5.41) is 12.9. The molecule has 0 saturated heterocycles. The van der Waals surface area contributed by atoms with Crippen molar-refractivity contribution in [3.63, 3.8) is 0 Å². The Morgan fingerprint density at radius 2 is 1.79 bits per heavy atom. The van der Waals surface area contributed by atoms with Crippen LogP contribution in [0, 0.1) is 5.92 Å². The van der Waals surface area contributed by atoms with Crippen molar-refractivity contribution in [3.8, 4) is 0 Å². The van der Waals surface area contributed by atoms with E-state index in [0.717, 1.165) is 5.92 Å². The molecule has 0 amide bonds. The minimum atomic E-state index is -0.237. The lowest BCUT2D eigenvalue weighted by Gasteiger charge is -2.31. The molecule has 1 aliphatic rings. The van der Waals surface area contributed by atoms with Crippen molar-refractivity contribution in [2.75, 3.05) is 0 Å². The van der Waals surface area contributed by atoms with Crippen molar-refractivity contribution in [1.29, 1.82) is 0 Å². The fourth-order valence-electron chi connectivity index (χ4n) is 2.25. The molecule has 2 unspecified atom stereocenters. The molecule has 1 rings (SSSR count). The van der Waals surface area contributed by atoms with Crippen LogP contribution in [0.5, 0.6) is 0 Å². The van der Waals surface area contributed by atoms with Crippen LogP contribution < -0.4 is 5.32 Å². The Labute approximate surface area is 88.1 Å². The molecule has 0 bridgehead atoms. The van der Waals surface area contributed by atoms with E-state index in [4.69, 9.17) is 0 Å². The second kappa shape index (κ2) is 5.72. The highest BCUT2D eigenvalue weighted by Crippen LogP contribution is 2.26. The van der Waals surface area contributed by atoms with E-state index in [0.29, 0.717) is 6.04 Å². The van der Waals surface area contributed by atoms with Crippen LogP contribution in [-0.4, -0.2) is 23.3 Å². The average Bonchev–Trinajstić information content (AvgIpc) is 2.19. The molecule has 0 heterocycles. The second-order valence-corrected chi connectivity index (χ2v) is 4.82. The molecule has 0 radical (unpaired) electrons. The molecule has 2 nitrogen and oxygen atoms in total. The van der Waals surface area contributed by atoms with E-state index in [2.05, 4.69) is 19.2 Å². The highest BCUT2D eigenvalue weighted by atomic mass is 16.3. The van der Waals surface area contributed by atoms with Gasteiger partial charge >= 0.3 is 0 Å². The number of aliphatic hydroxyl groups is 1. The predicted molar refractivity (Wildman–Crippen MR) is 60.3 cm³/mol. The first-order valence-corrected chi connectivity index (χ1v) is 6.07. The van der Waals surface area contributed by atoms with E-state index in [-0.39, 0.29) is 12.1 Å². The molecule has 0 aromatic heterocycles. The first-order chi connectivity index (χ1) is 6.63. The van der Waals surface area contributed by atoms with Crippen molar-refractivity contribution in [3.05, 3.63) is 0 Å². The summed E-state index contributed by atoms with van der Waals surface area (Å²) >= 11 is 0. The minimum Gasteiger partial charge on any atom is -0.392 e. The van der Waals surface area contributed by atoms with Crippen LogP contribution in [0.4, 0.5) is 0 Å². The topological polar surface area (TPSA) is 32.3 Å². The van der Waals surface area contributed by atoms with Crippen molar-refractivity contribution < 1.29 is 5.11 Å².